The molecule has 0 unspecified atom stereocenters. The molecule has 0 atom stereocenters. The fourth-order valence-corrected chi connectivity index (χ4v) is 3.03. The Morgan fingerprint density at radius 1 is 1.41 bits per heavy atom. The second-order valence-electron chi connectivity index (χ2n) is 4.90. The molecule has 0 spiro atoms. The van der Waals surface area contributed by atoms with E-state index in [9.17, 15) is 4.79 Å². The van der Waals surface area contributed by atoms with Gasteiger partial charge >= 0.3 is 0 Å². The lowest BCUT2D eigenvalue weighted by molar-refractivity contribution is -0.113. The smallest absolute Gasteiger partial charge is 0.281 e. The van der Waals surface area contributed by atoms with E-state index >= 15 is 0 Å². The topological polar surface area (TPSA) is 68.0 Å². The zero-order valence-corrected chi connectivity index (χ0v) is 14.6. The molecule has 0 radical (unpaired) electrons. The maximum atomic E-state index is 12.7. The number of halogens is 1. The van der Waals surface area contributed by atoms with Gasteiger partial charge < -0.3 is 5.32 Å². The van der Waals surface area contributed by atoms with Crippen LogP contribution in [-0.4, -0.2) is 30.6 Å². The highest BCUT2D eigenvalue weighted by Gasteiger charge is 2.34. The van der Waals surface area contributed by atoms with Gasteiger partial charge in [0.1, 0.15) is 5.70 Å². The number of aryl methyl sites for hydroxylation is 3. The second kappa shape index (κ2) is 5.33. The first kappa shape index (κ1) is 14.9. The number of hydrogen-bond donors (Lipinski definition) is 1. The third-order valence-electron chi connectivity index (χ3n) is 3.33. The summed E-state index contributed by atoms with van der Waals surface area (Å²) in [5.41, 5.74) is 2.60. The number of carbonyl (C=O) groups is 1. The molecular weight excluding hydrogens is 368 g/mol. The van der Waals surface area contributed by atoms with Crippen LogP contribution in [0.5, 0.6) is 0 Å². The predicted molar refractivity (Wildman–Crippen MR) is 90.0 cm³/mol. The Balaban J connectivity index is 2.00. The van der Waals surface area contributed by atoms with Crippen LogP contribution in [0.25, 0.3) is 6.08 Å². The van der Waals surface area contributed by atoms with Gasteiger partial charge in [-0.3, -0.25) is 14.2 Å². The van der Waals surface area contributed by atoms with E-state index in [2.05, 4.69) is 31.4 Å². The lowest BCUT2D eigenvalue weighted by Gasteiger charge is -2.11. The highest BCUT2D eigenvalue weighted by molar-refractivity contribution is 9.10. The summed E-state index contributed by atoms with van der Waals surface area (Å²) in [6.45, 7) is 1.84. The van der Waals surface area contributed by atoms with Crippen LogP contribution in [0.2, 0.25) is 0 Å². The summed E-state index contributed by atoms with van der Waals surface area (Å²) in [6, 6.07) is 0. The van der Waals surface area contributed by atoms with Gasteiger partial charge in [-0.25, -0.2) is 4.90 Å². The quantitative estimate of drug-likeness (QED) is 0.631. The number of rotatable bonds is 2. The van der Waals surface area contributed by atoms with Gasteiger partial charge in [-0.05, 0) is 41.1 Å². The minimum atomic E-state index is -0.214. The predicted octanol–water partition coefficient (Wildman–Crippen LogP) is 1.49. The normalized spacial score (nSPS) is 16.7. The van der Waals surface area contributed by atoms with Gasteiger partial charge in [0.2, 0.25) is 0 Å². The molecule has 0 aromatic carbocycles. The van der Waals surface area contributed by atoms with Crippen LogP contribution in [0.15, 0.2) is 22.6 Å². The first-order chi connectivity index (χ1) is 10.4. The van der Waals surface area contributed by atoms with Crippen molar-refractivity contribution in [3.63, 3.8) is 0 Å². The first-order valence-electron chi connectivity index (χ1n) is 6.43. The molecule has 1 saturated heterocycles. The van der Waals surface area contributed by atoms with Crippen LogP contribution in [-0.2, 0) is 18.9 Å². The molecule has 0 aliphatic carbocycles. The van der Waals surface area contributed by atoms with Gasteiger partial charge in [0, 0.05) is 20.3 Å². The SMILES string of the molecule is Cc1nn(C)cc1N1C(=O)/C(=C\c2c(Br)cnn2C)NC1=S. The van der Waals surface area contributed by atoms with E-state index in [0.717, 1.165) is 15.9 Å². The lowest BCUT2D eigenvalue weighted by Crippen LogP contribution is -2.30. The van der Waals surface area contributed by atoms with Crippen molar-refractivity contribution in [1.82, 2.24) is 24.9 Å². The molecule has 3 rings (SSSR count). The van der Waals surface area contributed by atoms with Crippen molar-refractivity contribution in [2.45, 2.75) is 6.92 Å². The molecule has 22 heavy (non-hydrogen) atoms. The number of hydrogen-bond acceptors (Lipinski definition) is 4. The van der Waals surface area contributed by atoms with Crippen LogP contribution in [0.3, 0.4) is 0 Å². The molecule has 114 valence electrons. The average Bonchev–Trinajstić information content (AvgIpc) is 3.02. The lowest BCUT2D eigenvalue weighted by atomic mass is 10.3. The first-order valence-corrected chi connectivity index (χ1v) is 7.63. The van der Waals surface area contributed by atoms with Gasteiger partial charge in [-0.2, -0.15) is 10.2 Å². The van der Waals surface area contributed by atoms with Gasteiger partial charge in [0.15, 0.2) is 5.11 Å². The minimum absolute atomic E-state index is 0.214. The molecule has 2 aromatic rings. The van der Waals surface area contributed by atoms with Gasteiger partial charge in [0.25, 0.3) is 5.91 Å². The van der Waals surface area contributed by atoms with Crippen LogP contribution in [0.4, 0.5) is 5.69 Å². The molecule has 1 amide bonds. The average molecular weight is 381 g/mol. The van der Waals surface area contributed by atoms with Crippen molar-refractivity contribution in [1.29, 1.82) is 0 Å². The Bertz CT molecular complexity index is 801. The van der Waals surface area contributed by atoms with E-state index < -0.39 is 0 Å². The van der Waals surface area contributed by atoms with Crippen molar-refractivity contribution in [3.05, 3.63) is 34.0 Å². The number of anilines is 1. The number of carbonyl (C=O) groups excluding carboxylic acids is 1. The fraction of sp³-hybridized carbons (Fsp3) is 0.231. The number of nitrogens with zero attached hydrogens (tertiary/aromatic N) is 5. The summed E-state index contributed by atoms with van der Waals surface area (Å²) >= 11 is 8.70. The van der Waals surface area contributed by atoms with E-state index in [4.69, 9.17) is 12.2 Å². The molecule has 1 aliphatic rings. The summed E-state index contributed by atoms with van der Waals surface area (Å²) < 4.78 is 4.13. The van der Waals surface area contributed by atoms with Crippen LogP contribution in [0.1, 0.15) is 11.4 Å². The highest BCUT2D eigenvalue weighted by Crippen LogP contribution is 2.26. The number of nitrogens with one attached hydrogen (secondary N) is 1. The van der Waals surface area contributed by atoms with Gasteiger partial charge in [-0.15, -0.1) is 0 Å². The number of thiocarbonyl (C=S) groups is 1. The molecule has 0 bridgehead atoms. The Labute approximate surface area is 140 Å². The van der Waals surface area contributed by atoms with Crippen LogP contribution in [0, 0.1) is 6.92 Å². The highest BCUT2D eigenvalue weighted by atomic mass is 79.9. The van der Waals surface area contributed by atoms with Crippen molar-refractivity contribution in [2.24, 2.45) is 14.1 Å². The molecule has 1 aliphatic heterocycles. The zero-order valence-electron chi connectivity index (χ0n) is 12.2. The minimum Gasteiger partial charge on any atom is -0.327 e. The molecule has 3 heterocycles. The molecular formula is C13H13BrN6OS. The van der Waals surface area contributed by atoms with Gasteiger partial charge in [-0.1, -0.05) is 0 Å². The summed E-state index contributed by atoms with van der Waals surface area (Å²) in [4.78, 5) is 14.1. The number of aromatic nitrogens is 4. The largest absolute Gasteiger partial charge is 0.327 e. The molecule has 1 N–H and O–H groups in total. The van der Waals surface area contributed by atoms with E-state index in [1.807, 2.05) is 6.92 Å². The molecule has 9 heteroatoms. The molecule has 1 fully saturated rings. The van der Waals surface area contributed by atoms with Gasteiger partial charge in [0.05, 0.1) is 27.7 Å². The maximum Gasteiger partial charge on any atom is 0.281 e. The Kier molecular flexibility index (Phi) is 3.61. The van der Waals surface area contributed by atoms with E-state index in [1.54, 1.807) is 41.9 Å². The van der Waals surface area contributed by atoms with E-state index in [-0.39, 0.29) is 5.91 Å². The Morgan fingerprint density at radius 3 is 2.68 bits per heavy atom. The number of amides is 1. The van der Waals surface area contributed by atoms with Crippen molar-refractivity contribution >= 4 is 50.9 Å². The molecule has 0 saturated carbocycles. The maximum absolute atomic E-state index is 12.7. The van der Waals surface area contributed by atoms with Crippen molar-refractivity contribution in [3.8, 4) is 0 Å². The third kappa shape index (κ3) is 2.35. The summed E-state index contributed by atoms with van der Waals surface area (Å²) in [5.74, 6) is -0.214. The van der Waals surface area contributed by atoms with E-state index in [0.29, 0.717) is 16.5 Å². The van der Waals surface area contributed by atoms with Crippen molar-refractivity contribution < 1.29 is 4.79 Å². The zero-order chi connectivity index (χ0) is 16.0. The van der Waals surface area contributed by atoms with E-state index in [1.165, 1.54) is 4.90 Å². The Hall–Kier alpha value is -2.00. The summed E-state index contributed by atoms with van der Waals surface area (Å²) in [7, 11) is 3.61. The van der Waals surface area contributed by atoms with Crippen molar-refractivity contribution in [2.75, 3.05) is 4.90 Å². The molecule has 7 nitrogen and oxygen atoms in total. The second-order valence-corrected chi connectivity index (χ2v) is 6.14. The molecule has 2 aromatic heterocycles. The summed E-state index contributed by atoms with van der Waals surface area (Å²) in [5, 5.41) is 11.7. The fourth-order valence-electron chi connectivity index (χ4n) is 2.28. The monoisotopic (exact) mass is 380 g/mol. The third-order valence-corrected chi connectivity index (χ3v) is 4.22. The summed E-state index contributed by atoms with van der Waals surface area (Å²) in [6.07, 6.45) is 5.16. The standard InChI is InChI=1S/C13H13BrN6OS/c1-7-11(6-18(2)17-7)20-12(21)9(16-13(20)22)4-10-8(14)5-15-19(10)3/h4-6H,1-3H3,(H,16,22)/b9-4+. The van der Waals surface area contributed by atoms with Crippen LogP contribution >= 0.6 is 28.1 Å². The van der Waals surface area contributed by atoms with Crippen LogP contribution < -0.4 is 10.2 Å². The Morgan fingerprint density at radius 2 is 2.14 bits per heavy atom.